The molecule has 1 aromatic carbocycles. The standard InChI is InChI=1S/C17H13N3O2/c21-17-16-14(7-10-22-16)18-15(19-17)11-12-3-5-13(6-4-12)20-8-1-2-9-20/h1-10H,11H2,(H,18,19,21). The van der Waals surface area contributed by atoms with Crippen molar-refractivity contribution in [3.05, 3.63) is 82.9 Å². The van der Waals surface area contributed by atoms with E-state index in [9.17, 15) is 4.79 Å². The van der Waals surface area contributed by atoms with Gasteiger partial charge in [-0.3, -0.25) is 4.79 Å². The lowest BCUT2D eigenvalue weighted by Gasteiger charge is -2.05. The predicted octanol–water partition coefficient (Wildman–Crippen LogP) is 2.90. The van der Waals surface area contributed by atoms with Gasteiger partial charge in [0.25, 0.3) is 5.56 Å². The van der Waals surface area contributed by atoms with Crippen LogP contribution < -0.4 is 5.56 Å². The van der Waals surface area contributed by atoms with Crippen molar-refractivity contribution in [3.8, 4) is 5.69 Å². The number of aromatic amines is 1. The van der Waals surface area contributed by atoms with E-state index >= 15 is 0 Å². The van der Waals surface area contributed by atoms with Gasteiger partial charge in [0.2, 0.25) is 5.58 Å². The second-order valence-corrected chi connectivity index (χ2v) is 5.08. The molecular formula is C17H13N3O2. The molecule has 0 saturated carbocycles. The second kappa shape index (κ2) is 5.04. The molecule has 4 aromatic rings. The van der Waals surface area contributed by atoms with Crippen LogP contribution in [0.5, 0.6) is 0 Å². The molecule has 3 aromatic heterocycles. The Balaban J connectivity index is 1.63. The number of H-pyrrole nitrogens is 1. The maximum Gasteiger partial charge on any atom is 0.294 e. The van der Waals surface area contributed by atoms with Crippen LogP contribution in [-0.2, 0) is 6.42 Å². The quantitative estimate of drug-likeness (QED) is 0.631. The highest BCUT2D eigenvalue weighted by molar-refractivity contribution is 5.70. The largest absolute Gasteiger partial charge is 0.457 e. The maximum atomic E-state index is 11.9. The molecule has 0 aliphatic heterocycles. The predicted molar refractivity (Wildman–Crippen MR) is 83.2 cm³/mol. The number of rotatable bonds is 3. The Bertz CT molecular complexity index is 963. The molecule has 108 valence electrons. The van der Waals surface area contributed by atoms with Crippen molar-refractivity contribution in [2.75, 3.05) is 0 Å². The molecule has 3 heterocycles. The zero-order valence-electron chi connectivity index (χ0n) is 11.7. The Kier molecular flexibility index (Phi) is 2.89. The summed E-state index contributed by atoms with van der Waals surface area (Å²) >= 11 is 0. The third-order valence-electron chi connectivity index (χ3n) is 3.57. The molecule has 0 aliphatic carbocycles. The molecule has 0 atom stereocenters. The van der Waals surface area contributed by atoms with Gasteiger partial charge < -0.3 is 14.0 Å². The van der Waals surface area contributed by atoms with Gasteiger partial charge >= 0.3 is 0 Å². The fourth-order valence-electron chi connectivity index (χ4n) is 2.49. The average molecular weight is 291 g/mol. The van der Waals surface area contributed by atoms with Crippen LogP contribution in [0.3, 0.4) is 0 Å². The Labute approximate surface area is 125 Å². The van der Waals surface area contributed by atoms with Crippen LogP contribution in [-0.4, -0.2) is 14.5 Å². The van der Waals surface area contributed by atoms with E-state index in [2.05, 4.69) is 9.97 Å². The summed E-state index contributed by atoms with van der Waals surface area (Å²) in [6.45, 7) is 0. The van der Waals surface area contributed by atoms with Gasteiger partial charge in [-0.05, 0) is 29.8 Å². The topological polar surface area (TPSA) is 63.8 Å². The number of fused-ring (bicyclic) bond motifs is 1. The fraction of sp³-hybridized carbons (Fsp3) is 0.0588. The number of benzene rings is 1. The van der Waals surface area contributed by atoms with Crippen LogP contribution >= 0.6 is 0 Å². The van der Waals surface area contributed by atoms with Crippen molar-refractivity contribution in [2.45, 2.75) is 6.42 Å². The van der Waals surface area contributed by atoms with E-state index in [0.29, 0.717) is 17.8 Å². The van der Waals surface area contributed by atoms with Gasteiger partial charge in [-0.15, -0.1) is 0 Å². The molecule has 0 radical (unpaired) electrons. The number of nitrogens with one attached hydrogen (secondary N) is 1. The van der Waals surface area contributed by atoms with E-state index in [4.69, 9.17) is 4.42 Å². The molecule has 5 heteroatoms. The number of hydrogen-bond donors (Lipinski definition) is 1. The minimum absolute atomic E-state index is 0.242. The summed E-state index contributed by atoms with van der Waals surface area (Å²) in [4.78, 5) is 19.0. The van der Waals surface area contributed by atoms with Crippen LogP contribution in [0, 0.1) is 0 Å². The molecule has 1 N–H and O–H groups in total. The number of nitrogens with zero attached hydrogens (tertiary/aromatic N) is 2. The van der Waals surface area contributed by atoms with E-state index < -0.39 is 0 Å². The maximum absolute atomic E-state index is 11.9. The van der Waals surface area contributed by atoms with Crippen LogP contribution in [0.1, 0.15) is 11.4 Å². The van der Waals surface area contributed by atoms with Gasteiger partial charge in [-0.25, -0.2) is 4.98 Å². The third-order valence-corrected chi connectivity index (χ3v) is 3.57. The van der Waals surface area contributed by atoms with E-state index in [1.807, 2.05) is 53.4 Å². The van der Waals surface area contributed by atoms with E-state index in [1.165, 1.54) is 6.26 Å². The lowest BCUT2D eigenvalue weighted by molar-refractivity contribution is 0.609. The van der Waals surface area contributed by atoms with Crippen molar-refractivity contribution < 1.29 is 4.42 Å². The third kappa shape index (κ3) is 2.22. The lowest BCUT2D eigenvalue weighted by atomic mass is 10.1. The summed E-state index contributed by atoms with van der Waals surface area (Å²) in [6.07, 6.45) is 6.05. The SMILES string of the molecule is O=c1[nH]c(Cc2ccc(-n3cccc3)cc2)nc2ccoc12. The van der Waals surface area contributed by atoms with E-state index in [0.717, 1.165) is 11.3 Å². The summed E-state index contributed by atoms with van der Waals surface area (Å²) in [6, 6.07) is 13.8. The molecule has 0 spiro atoms. The summed E-state index contributed by atoms with van der Waals surface area (Å²) in [7, 11) is 0. The first kappa shape index (κ1) is 12.6. The summed E-state index contributed by atoms with van der Waals surface area (Å²) in [5, 5.41) is 0. The van der Waals surface area contributed by atoms with E-state index in [1.54, 1.807) is 6.07 Å². The molecule has 0 fully saturated rings. The molecule has 4 rings (SSSR count). The Morgan fingerprint density at radius 2 is 1.86 bits per heavy atom. The Morgan fingerprint density at radius 3 is 2.64 bits per heavy atom. The second-order valence-electron chi connectivity index (χ2n) is 5.08. The van der Waals surface area contributed by atoms with Crippen molar-refractivity contribution in [1.29, 1.82) is 0 Å². The molecule has 0 unspecified atom stereocenters. The van der Waals surface area contributed by atoms with Gasteiger partial charge in [-0.1, -0.05) is 12.1 Å². The molecule has 22 heavy (non-hydrogen) atoms. The molecular weight excluding hydrogens is 278 g/mol. The first-order valence-electron chi connectivity index (χ1n) is 6.98. The van der Waals surface area contributed by atoms with Gasteiger partial charge in [0, 0.05) is 30.6 Å². The summed E-state index contributed by atoms with van der Waals surface area (Å²) in [5.74, 6) is 0.632. The highest BCUT2D eigenvalue weighted by Gasteiger charge is 2.07. The minimum atomic E-state index is -0.242. The molecule has 0 aliphatic rings. The number of hydrogen-bond acceptors (Lipinski definition) is 3. The van der Waals surface area contributed by atoms with Crippen LogP contribution in [0.15, 0.2) is 70.3 Å². The van der Waals surface area contributed by atoms with Crippen molar-refractivity contribution in [3.63, 3.8) is 0 Å². The minimum Gasteiger partial charge on any atom is -0.457 e. The first-order valence-corrected chi connectivity index (χ1v) is 6.98. The molecule has 0 bridgehead atoms. The van der Waals surface area contributed by atoms with Gasteiger partial charge in [0.05, 0.1) is 6.26 Å². The van der Waals surface area contributed by atoms with Crippen molar-refractivity contribution in [2.24, 2.45) is 0 Å². The summed E-state index contributed by atoms with van der Waals surface area (Å²) < 4.78 is 7.15. The first-order chi connectivity index (χ1) is 10.8. The van der Waals surface area contributed by atoms with Crippen LogP contribution in [0.4, 0.5) is 0 Å². The Morgan fingerprint density at radius 1 is 1.09 bits per heavy atom. The monoisotopic (exact) mass is 291 g/mol. The molecule has 5 nitrogen and oxygen atoms in total. The lowest BCUT2D eigenvalue weighted by Crippen LogP contribution is -2.11. The fourth-order valence-corrected chi connectivity index (χ4v) is 2.49. The normalized spacial score (nSPS) is 11.1. The van der Waals surface area contributed by atoms with E-state index in [-0.39, 0.29) is 11.1 Å². The molecule has 0 saturated heterocycles. The van der Waals surface area contributed by atoms with Crippen LogP contribution in [0.2, 0.25) is 0 Å². The zero-order valence-corrected chi connectivity index (χ0v) is 11.7. The highest BCUT2D eigenvalue weighted by Crippen LogP contribution is 2.13. The summed E-state index contributed by atoms with van der Waals surface area (Å²) in [5.41, 5.74) is 2.80. The smallest absolute Gasteiger partial charge is 0.294 e. The zero-order chi connectivity index (χ0) is 14.9. The highest BCUT2D eigenvalue weighted by atomic mass is 16.3. The molecule has 0 amide bonds. The average Bonchev–Trinajstić information content (AvgIpc) is 3.19. The van der Waals surface area contributed by atoms with Gasteiger partial charge in [0.1, 0.15) is 11.3 Å². The van der Waals surface area contributed by atoms with Gasteiger partial charge in [-0.2, -0.15) is 0 Å². The number of aromatic nitrogens is 3. The number of furan rings is 1. The van der Waals surface area contributed by atoms with Crippen molar-refractivity contribution >= 4 is 11.1 Å². The Hall–Kier alpha value is -3.08. The van der Waals surface area contributed by atoms with Gasteiger partial charge in [0.15, 0.2) is 0 Å². The van der Waals surface area contributed by atoms with Crippen LogP contribution in [0.25, 0.3) is 16.8 Å². The van der Waals surface area contributed by atoms with Crippen molar-refractivity contribution in [1.82, 2.24) is 14.5 Å².